The first-order valence-corrected chi connectivity index (χ1v) is 8.88. The van der Waals surface area contributed by atoms with Gasteiger partial charge in [0.15, 0.2) is 5.76 Å². The van der Waals surface area contributed by atoms with Crippen molar-refractivity contribution in [3.63, 3.8) is 0 Å². The van der Waals surface area contributed by atoms with Crippen molar-refractivity contribution in [1.82, 2.24) is 0 Å². The lowest BCUT2D eigenvalue weighted by Gasteiger charge is -2.07. The smallest absolute Gasteiger partial charge is 0.343 e. The minimum absolute atomic E-state index is 0.225. The summed E-state index contributed by atoms with van der Waals surface area (Å²) < 4.78 is 24.0. The van der Waals surface area contributed by atoms with Crippen molar-refractivity contribution in [3.05, 3.63) is 108 Å². The molecule has 0 N–H and O–H groups in total. The van der Waals surface area contributed by atoms with Gasteiger partial charge in [-0.3, -0.25) is 4.79 Å². The Morgan fingerprint density at radius 1 is 0.897 bits per heavy atom. The molecule has 0 saturated carbocycles. The molecule has 0 aliphatic rings. The van der Waals surface area contributed by atoms with E-state index in [2.05, 4.69) is 0 Å². The molecule has 0 aliphatic carbocycles. The third-order valence-electron chi connectivity index (χ3n) is 4.28. The van der Waals surface area contributed by atoms with Crippen LogP contribution in [0.5, 0.6) is 5.75 Å². The fraction of sp³-hybridized carbons (Fsp3) is 0. The van der Waals surface area contributed by atoms with Crippen LogP contribution in [-0.2, 0) is 0 Å². The Kier molecular flexibility index (Phi) is 5.03. The summed E-state index contributed by atoms with van der Waals surface area (Å²) >= 11 is 0. The lowest BCUT2D eigenvalue weighted by atomic mass is 10.1. The van der Waals surface area contributed by atoms with E-state index >= 15 is 0 Å². The first-order chi connectivity index (χ1) is 14.1. The molecule has 4 aromatic rings. The number of hydrogen-bond donors (Lipinski definition) is 0. The molecule has 0 fully saturated rings. The minimum Gasteiger partial charge on any atom is -0.453 e. The fourth-order valence-electron chi connectivity index (χ4n) is 2.81. The Labute approximate surface area is 165 Å². The predicted molar refractivity (Wildman–Crippen MR) is 107 cm³/mol. The largest absolute Gasteiger partial charge is 0.453 e. The summed E-state index contributed by atoms with van der Waals surface area (Å²) in [5, 5.41) is 0.845. The van der Waals surface area contributed by atoms with Gasteiger partial charge in [0, 0.05) is 10.9 Å². The van der Waals surface area contributed by atoms with Crippen molar-refractivity contribution in [2.24, 2.45) is 0 Å². The van der Waals surface area contributed by atoms with Gasteiger partial charge in [-0.25, -0.2) is 9.18 Å². The van der Waals surface area contributed by atoms with Crippen molar-refractivity contribution in [2.45, 2.75) is 0 Å². The quantitative estimate of drug-likeness (QED) is 0.191. The van der Waals surface area contributed by atoms with Crippen LogP contribution >= 0.6 is 0 Å². The van der Waals surface area contributed by atoms with Crippen LogP contribution in [0.15, 0.2) is 89.4 Å². The number of furan rings is 1. The highest BCUT2D eigenvalue weighted by Gasteiger charge is 2.12. The minimum atomic E-state index is -0.616. The highest BCUT2D eigenvalue weighted by Crippen LogP contribution is 2.23. The van der Waals surface area contributed by atoms with Crippen molar-refractivity contribution in [2.75, 3.05) is 0 Å². The van der Waals surface area contributed by atoms with Gasteiger partial charge in [-0.15, -0.1) is 0 Å². The van der Waals surface area contributed by atoms with E-state index in [1.54, 1.807) is 42.5 Å². The predicted octanol–water partition coefficient (Wildman–Crippen LogP) is 5.69. The standard InChI is InChI=1S/C24H15FO4/c25-19-12-9-17(10-13-19)24(27)29-21-7-3-1-5-16(21)11-14-20(26)23-15-18-6-2-4-8-22(18)28-23/h1-15H/b14-11+. The molecule has 0 bridgehead atoms. The molecule has 3 aromatic carbocycles. The van der Waals surface area contributed by atoms with Crippen molar-refractivity contribution < 1.29 is 23.1 Å². The summed E-state index contributed by atoms with van der Waals surface area (Å²) in [7, 11) is 0. The van der Waals surface area contributed by atoms with Crippen LogP contribution in [0.25, 0.3) is 17.0 Å². The molecule has 5 heteroatoms. The molecule has 0 aliphatic heterocycles. The van der Waals surface area contributed by atoms with E-state index in [0.717, 1.165) is 5.39 Å². The average molecular weight is 386 g/mol. The number of hydrogen-bond acceptors (Lipinski definition) is 4. The molecule has 0 amide bonds. The number of rotatable bonds is 5. The summed E-state index contributed by atoms with van der Waals surface area (Å²) in [6.45, 7) is 0. The van der Waals surface area contributed by atoms with E-state index in [-0.39, 0.29) is 22.9 Å². The van der Waals surface area contributed by atoms with E-state index in [4.69, 9.17) is 9.15 Å². The Morgan fingerprint density at radius 2 is 1.62 bits per heavy atom. The molecule has 1 heterocycles. The molecule has 0 spiro atoms. The maximum Gasteiger partial charge on any atom is 0.343 e. The molecule has 0 saturated heterocycles. The Morgan fingerprint density at radius 3 is 2.41 bits per heavy atom. The van der Waals surface area contributed by atoms with Gasteiger partial charge in [-0.05, 0) is 54.6 Å². The Bertz CT molecular complexity index is 1190. The lowest BCUT2D eigenvalue weighted by Crippen LogP contribution is -2.09. The van der Waals surface area contributed by atoms with Crippen molar-refractivity contribution in [3.8, 4) is 5.75 Å². The lowest BCUT2D eigenvalue weighted by molar-refractivity contribution is 0.0734. The SMILES string of the molecule is O=C(Oc1ccccc1/C=C/C(=O)c1cc2ccccc2o1)c1ccc(F)cc1. The maximum atomic E-state index is 13.0. The number of fused-ring (bicyclic) bond motifs is 1. The maximum absolute atomic E-state index is 13.0. The average Bonchev–Trinajstić information content (AvgIpc) is 3.18. The van der Waals surface area contributed by atoms with E-state index in [1.165, 1.54) is 30.3 Å². The summed E-state index contributed by atoms with van der Waals surface area (Å²) in [4.78, 5) is 24.7. The number of carbonyl (C=O) groups is 2. The van der Waals surface area contributed by atoms with Crippen LogP contribution in [0.1, 0.15) is 26.5 Å². The van der Waals surface area contributed by atoms with Crippen LogP contribution in [-0.4, -0.2) is 11.8 Å². The highest BCUT2D eigenvalue weighted by molar-refractivity contribution is 6.07. The molecule has 4 rings (SSSR count). The van der Waals surface area contributed by atoms with E-state index in [0.29, 0.717) is 11.1 Å². The molecular formula is C24H15FO4. The van der Waals surface area contributed by atoms with Gasteiger partial charge in [-0.2, -0.15) is 0 Å². The Hall–Kier alpha value is -3.99. The van der Waals surface area contributed by atoms with Crippen LogP contribution < -0.4 is 4.74 Å². The van der Waals surface area contributed by atoms with Crippen LogP contribution in [0.2, 0.25) is 0 Å². The molecule has 1 aromatic heterocycles. The van der Waals surface area contributed by atoms with E-state index in [1.807, 2.05) is 18.2 Å². The van der Waals surface area contributed by atoms with Gasteiger partial charge in [-0.1, -0.05) is 36.4 Å². The number of ether oxygens (including phenoxy) is 1. The van der Waals surface area contributed by atoms with E-state index < -0.39 is 11.8 Å². The zero-order valence-corrected chi connectivity index (χ0v) is 15.2. The van der Waals surface area contributed by atoms with Crippen molar-refractivity contribution >= 4 is 28.8 Å². The molecule has 29 heavy (non-hydrogen) atoms. The first-order valence-electron chi connectivity index (χ1n) is 8.88. The van der Waals surface area contributed by atoms with Crippen molar-refractivity contribution in [1.29, 1.82) is 0 Å². The molecule has 0 radical (unpaired) electrons. The molecule has 0 unspecified atom stereocenters. The number of carbonyl (C=O) groups excluding carboxylic acids is 2. The summed E-state index contributed by atoms with van der Waals surface area (Å²) in [5.74, 6) is -0.844. The zero-order valence-electron chi connectivity index (χ0n) is 15.2. The van der Waals surface area contributed by atoms with Gasteiger partial charge < -0.3 is 9.15 Å². The van der Waals surface area contributed by atoms with E-state index in [9.17, 15) is 14.0 Å². The third-order valence-corrected chi connectivity index (χ3v) is 4.28. The summed E-state index contributed by atoms with van der Waals surface area (Å²) in [6, 6.07) is 20.9. The number of halogens is 1. The first kappa shape index (κ1) is 18.4. The van der Waals surface area contributed by atoms with Crippen LogP contribution in [0, 0.1) is 5.82 Å². The normalized spacial score (nSPS) is 11.1. The summed E-state index contributed by atoms with van der Waals surface area (Å²) in [6.07, 6.45) is 2.92. The number of ketones is 1. The summed E-state index contributed by atoms with van der Waals surface area (Å²) in [5.41, 5.74) is 1.41. The fourth-order valence-corrected chi connectivity index (χ4v) is 2.81. The zero-order chi connectivity index (χ0) is 20.2. The molecular weight excluding hydrogens is 371 g/mol. The monoisotopic (exact) mass is 386 g/mol. The second-order valence-corrected chi connectivity index (χ2v) is 6.28. The van der Waals surface area contributed by atoms with Gasteiger partial charge in [0.1, 0.15) is 17.1 Å². The number of esters is 1. The molecule has 0 atom stereocenters. The second kappa shape index (κ2) is 7.94. The number of allylic oxidation sites excluding steroid dienone is 1. The van der Waals surface area contributed by atoms with Gasteiger partial charge in [0.25, 0.3) is 0 Å². The topological polar surface area (TPSA) is 56.5 Å². The Balaban J connectivity index is 1.53. The van der Waals surface area contributed by atoms with Gasteiger partial charge in [0.2, 0.25) is 5.78 Å². The van der Waals surface area contributed by atoms with Crippen LogP contribution in [0.4, 0.5) is 4.39 Å². The second-order valence-electron chi connectivity index (χ2n) is 6.28. The number of benzene rings is 3. The number of para-hydroxylation sites is 2. The molecule has 142 valence electrons. The highest BCUT2D eigenvalue weighted by atomic mass is 19.1. The van der Waals surface area contributed by atoms with Gasteiger partial charge >= 0.3 is 5.97 Å². The molecule has 4 nitrogen and oxygen atoms in total. The van der Waals surface area contributed by atoms with Gasteiger partial charge in [0.05, 0.1) is 5.56 Å². The third kappa shape index (κ3) is 4.14. The van der Waals surface area contributed by atoms with Crippen LogP contribution in [0.3, 0.4) is 0 Å².